The monoisotopic (exact) mass is 1730 g/mol. The van der Waals surface area contributed by atoms with Crippen LogP contribution in [0, 0.1) is 0 Å². The van der Waals surface area contributed by atoms with Crippen molar-refractivity contribution in [1.82, 2.24) is 30.2 Å². The van der Waals surface area contributed by atoms with Gasteiger partial charge in [0.25, 0.3) is 0 Å². The van der Waals surface area contributed by atoms with E-state index in [2.05, 4.69) is 99.7 Å². The van der Waals surface area contributed by atoms with Crippen molar-refractivity contribution in [3.8, 4) is 0 Å². The van der Waals surface area contributed by atoms with Crippen molar-refractivity contribution in [2.75, 3.05) is 92.6 Å². The van der Waals surface area contributed by atoms with Crippen molar-refractivity contribution in [3.05, 3.63) is 0 Å². The van der Waals surface area contributed by atoms with Gasteiger partial charge in [-0.1, -0.05) is 338 Å². The highest BCUT2D eigenvalue weighted by molar-refractivity contribution is 5.76. The second-order valence-corrected chi connectivity index (χ2v) is 37.6. The Morgan fingerprint density at radius 2 is 0.369 bits per heavy atom. The van der Waals surface area contributed by atoms with Gasteiger partial charge in [0.1, 0.15) is 24.4 Å². The fourth-order valence-corrected chi connectivity index (χ4v) is 17.1. The molecule has 0 saturated heterocycles. The first-order chi connectivity index (χ1) is 59.7. The Hall–Kier alpha value is -3.34. The van der Waals surface area contributed by atoms with Crippen LogP contribution in [0.4, 0.5) is 0 Å². The van der Waals surface area contributed by atoms with Crippen LogP contribution in [0.2, 0.25) is 0 Å². The van der Waals surface area contributed by atoms with Gasteiger partial charge in [0.2, 0.25) is 11.8 Å². The largest absolute Gasteiger partial charge is 0.462 e. The molecular formula is C106H208N6O10. The maximum atomic E-state index is 13.4. The zero-order chi connectivity index (χ0) is 89.1. The molecule has 16 heteroatoms. The first-order valence-corrected chi connectivity index (χ1v) is 53.8. The SMILES string of the molecule is CCCCCCCCC(CCCCCCCC)OC(=O)CCCCCN(CCCCCC(=O)OC(CCCCCCCC)CCCCCCCC)CCNC(=O)CCN(C)CCN(C)CCC(=O)NCCN(CCCCCC(=O)OC(CCCCCCCC)CCCCCCCC)CCCCCC(=O)OC(CCCCCCCC)CCCCCCCC. The Morgan fingerprint density at radius 1 is 0.197 bits per heavy atom. The number of amides is 2. The van der Waals surface area contributed by atoms with E-state index in [1.165, 1.54) is 257 Å². The number of ether oxygens (including phenoxy) is 4. The van der Waals surface area contributed by atoms with Crippen LogP contribution in [0.25, 0.3) is 0 Å². The standard InChI is InChI=1S/C106H208N6O10/c1-11-19-27-35-43-55-71-97(72-56-44-36-28-20-12-2)119-103(115)79-63-51-67-87-111(88-68-52-64-80-104(116)120-98(73-57-45-37-29-21-13-3)74-58-46-38-30-22-14-4)93-85-107-101(113)83-91-109(9)95-96-110(10)92-84-102(114)108-86-94-112(89-69-53-65-81-105(117)121-99(75-59-47-39-31-23-15-5)76-60-48-40-32-24-16-6)90-70-54-66-82-106(118)122-100(77-61-49-41-33-25-17-7)78-62-50-42-34-26-18-8/h97-100H,11-96H2,1-10H3,(H,107,113)(H,108,114). The molecule has 0 rings (SSSR count). The smallest absolute Gasteiger partial charge is 0.306 e. The molecule has 0 bridgehead atoms. The summed E-state index contributed by atoms with van der Waals surface area (Å²) in [4.78, 5) is 89.5. The van der Waals surface area contributed by atoms with Crippen LogP contribution in [0.3, 0.4) is 0 Å². The number of likely N-dealkylation sites (N-methyl/N-ethyl adjacent to an activating group) is 2. The number of hydrogen-bond acceptors (Lipinski definition) is 14. The van der Waals surface area contributed by atoms with E-state index in [9.17, 15) is 28.8 Å². The molecule has 0 radical (unpaired) electrons. The van der Waals surface area contributed by atoms with E-state index in [0.717, 1.165) is 232 Å². The number of rotatable bonds is 99. The van der Waals surface area contributed by atoms with Crippen LogP contribution < -0.4 is 10.6 Å². The van der Waals surface area contributed by atoms with Crippen molar-refractivity contribution >= 4 is 35.7 Å². The second-order valence-electron chi connectivity index (χ2n) is 37.6. The van der Waals surface area contributed by atoms with Gasteiger partial charge in [-0.3, -0.25) is 28.8 Å². The lowest BCUT2D eigenvalue weighted by atomic mass is 10.0. The minimum atomic E-state index is -0.0409. The fourth-order valence-electron chi connectivity index (χ4n) is 17.1. The summed E-state index contributed by atoms with van der Waals surface area (Å²) in [5.41, 5.74) is 0. The molecule has 0 fully saturated rings. The van der Waals surface area contributed by atoms with Gasteiger partial charge < -0.3 is 49.2 Å². The van der Waals surface area contributed by atoms with Crippen LogP contribution in [0.1, 0.15) is 531 Å². The highest BCUT2D eigenvalue weighted by Crippen LogP contribution is 2.25. The number of carbonyl (C=O) groups is 6. The average molecular weight is 1730 g/mol. The highest BCUT2D eigenvalue weighted by Gasteiger charge is 2.21. The van der Waals surface area contributed by atoms with E-state index in [-0.39, 0.29) is 60.1 Å². The van der Waals surface area contributed by atoms with Gasteiger partial charge in [0, 0.05) is 90.9 Å². The Kier molecular flexibility index (Phi) is 91.2. The minimum Gasteiger partial charge on any atom is -0.462 e. The van der Waals surface area contributed by atoms with Crippen molar-refractivity contribution in [3.63, 3.8) is 0 Å². The van der Waals surface area contributed by atoms with E-state index < -0.39 is 0 Å². The number of nitrogens with one attached hydrogen (secondary N) is 2. The lowest BCUT2D eigenvalue weighted by Gasteiger charge is -2.24. The van der Waals surface area contributed by atoms with E-state index in [0.29, 0.717) is 64.7 Å². The molecule has 0 heterocycles. The summed E-state index contributed by atoms with van der Waals surface area (Å²) in [5, 5.41) is 6.47. The first-order valence-electron chi connectivity index (χ1n) is 53.8. The number of hydrogen-bond donors (Lipinski definition) is 2. The number of esters is 4. The summed E-state index contributed by atoms with van der Waals surface area (Å²) in [6.07, 6.45) is 81.3. The molecule has 0 aliphatic heterocycles. The Labute approximate surface area is 757 Å². The van der Waals surface area contributed by atoms with Crippen LogP contribution in [0.15, 0.2) is 0 Å². The number of unbranched alkanes of at least 4 members (excludes halogenated alkanes) is 48. The minimum absolute atomic E-state index is 0.0357. The molecule has 122 heavy (non-hydrogen) atoms. The molecular weight excluding hydrogens is 1520 g/mol. The zero-order valence-electron chi connectivity index (χ0n) is 83.0. The predicted molar refractivity (Wildman–Crippen MR) is 520 cm³/mol. The molecule has 0 aromatic heterocycles. The Balaban J connectivity index is 5.70. The molecule has 722 valence electrons. The number of carbonyl (C=O) groups excluding carboxylic acids is 6. The summed E-state index contributed by atoms with van der Waals surface area (Å²) in [5.74, 6) is -0.0690. The van der Waals surface area contributed by atoms with Crippen molar-refractivity contribution in [1.29, 1.82) is 0 Å². The third-order valence-corrected chi connectivity index (χ3v) is 25.5. The number of nitrogens with zero attached hydrogens (tertiary/aromatic N) is 4. The predicted octanol–water partition coefficient (Wildman–Crippen LogP) is 28.4. The molecule has 2 N–H and O–H groups in total. The third kappa shape index (κ3) is 84.8. The highest BCUT2D eigenvalue weighted by atomic mass is 16.6. The molecule has 0 saturated carbocycles. The molecule has 16 nitrogen and oxygen atoms in total. The van der Waals surface area contributed by atoms with Gasteiger partial charge in [0.15, 0.2) is 0 Å². The van der Waals surface area contributed by atoms with Gasteiger partial charge in [-0.2, -0.15) is 0 Å². The molecule has 0 spiro atoms. The van der Waals surface area contributed by atoms with E-state index in [1.807, 2.05) is 0 Å². The third-order valence-electron chi connectivity index (χ3n) is 25.5. The topological polar surface area (TPSA) is 176 Å². The quantitative estimate of drug-likeness (QED) is 0.0334. The van der Waals surface area contributed by atoms with Gasteiger partial charge in [0.05, 0.1) is 0 Å². The summed E-state index contributed by atoms with van der Waals surface area (Å²) >= 11 is 0. The lowest BCUT2D eigenvalue weighted by Crippen LogP contribution is -2.38. The lowest BCUT2D eigenvalue weighted by molar-refractivity contribution is -0.151. The molecule has 0 atom stereocenters. The van der Waals surface area contributed by atoms with Gasteiger partial charge in [-0.05, 0) is 194 Å². The maximum Gasteiger partial charge on any atom is 0.306 e. The van der Waals surface area contributed by atoms with Crippen LogP contribution >= 0.6 is 0 Å². The second kappa shape index (κ2) is 93.8. The normalized spacial score (nSPS) is 11.9. The van der Waals surface area contributed by atoms with Crippen molar-refractivity contribution in [2.24, 2.45) is 0 Å². The molecule has 0 aliphatic carbocycles. The summed E-state index contributed by atoms with van der Waals surface area (Å²) in [6, 6.07) is 0. The van der Waals surface area contributed by atoms with Gasteiger partial charge >= 0.3 is 23.9 Å². The van der Waals surface area contributed by atoms with Gasteiger partial charge in [-0.25, -0.2) is 0 Å². The van der Waals surface area contributed by atoms with Crippen LogP contribution in [-0.2, 0) is 47.7 Å². The molecule has 2 amide bonds. The zero-order valence-corrected chi connectivity index (χ0v) is 83.0. The van der Waals surface area contributed by atoms with Gasteiger partial charge in [-0.15, -0.1) is 0 Å². The van der Waals surface area contributed by atoms with E-state index in [1.54, 1.807) is 0 Å². The summed E-state index contributed by atoms with van der Waals surface area (Å²) in [6.45, 7) is 27.1. The Morgan fingerprint density at radius 3 is 0.557 bits per heavy atom. The average Bonchev–Trinajstić information content (AvgIpc) is 1.01. The summed E-state index contributed by atoms with van der Waals surface area (Å²) in [7, 11) is 4.13. The van der Waals surface area contributed by atoms with E-state index >= 15 is 0 Å². The van der Waals surface area contributed by atoms with Crippen LogP contribution in [-0.4, -0.2) is 172 Å². The van der Waals surface area contributed by atoms with E-state index in [4.69, 9.17) is 18.9 Å². The molecule has 0 aliphatic rings. The molecule has 0 aromatic carbocycles. The maximum absolute atomic E-state index is 13.4. The first kappa shape index (κ1) is 119. The van der Waals surface area contributed by atoms with Crippen LogP contribution in [0.5, 0.6) is 0 Å². The van der Waals surface area contributed by atoms with Crippen molar-refractivity contribution < 1.29 is 47.7 Å². The molecule has 0 aromatic rings. The fraction of sp³-hybridized carbons (Fsp3) is 0.943. The molecule has 0 unspecified atom stereocenters. The summed E-state index contributed by atoms with van der Waals surface area (Å²) < 4.78 is 24.8. The Bertz CT molecular complexity index is 1930. The van der Waals surface area contributed by atoms with Crippen molar-refractivity contribution in [2.45, 2.75) is 555 Å².